The molecule has 1 nitrogen and oxygen atoms in total. The predicted molar refractivity (Wildman–Crippen MR) is 132 cm³/mol. The van der Waals surface area contributed by atoms with Crippen molar-refractivity contribution < 1.29 is 4.21 Å². The summed E-state index contributed by atoms with van der Waals surface area (Å²) >= 11 is 3.47. The van der Waals surface area contributed by atoms with E-state index < -0.39 is 10.8 Å². The summed E-state index contributed by atoms with van der Waals surface area (Å²) in [4.78, 5) is 4.13. The first-order valence-corrected chi connectivity index (χ1v) is 13.2. The second-order valence-electron chi connectivity index (χ2n) is 6.77. The van der Waals surface area contributed by atoms with Crippen molar-refractivity contribution in [2.24, 2.45) is 0 Å². The highest BCUT2D eigenvalue weighted by Crippen LogP contribution is 2.27. The van der Waals surface area contributed by atoms with Gasteiger partial charge in [-0.2, -0.15) is 0 Å². The van der Waals surface area contributed by atoms with E-state index in [1.54, 1.807) is 23.5 Å². The summed E-state index contributed by atoms with van der Waals surface area (Å²) in [5, 5.41) is 0. The van der Waals surface area contributed by atoms with Crippen LogP contribution in [0.2, 0.25) is 0 Å². The minimum absolute atomic E-state index is 0.816. The van der Waals surface area contributed by atoms with Crippen molar-refractivity contribution in [3.63, 3.8) is 0 Å². The van der Waals surface area contributed by atoms with E-state index in [1.807, 2.05) is 48.5 Å². The number of thioether (sulfide) groups is 2. The fourth-order valence-corrected chi connectivity index (χ4v) is 5.10. The minimum Gasteiger partial charge on any atom is -0.249 e. The van der Waals surface area contributed by atoms with Gasteiger partial charge in [0.05, 0.1) is 10.8 Å². The zero-order valence-corrected chi connectivity index (χ0v) is 19.3. The van der Waals surface area contributed by atoms with Crippen molar-refractivity contribution in [2.75, 3.05) is 12.5 Å². The third-order valence-electron chi connectivity index (χ3n) is 4.98. The van der Waals surface area contributed by atoms with E-state index in [2.05, 4.69) is 61.0 Å². The first-order chi connectivity index (χ1) is 14.7. The van der Waals surface area contributed by atoms with Gasteiger partial charge in [-0.1, -0.05) is 48.5 Å². The van der Waals surface area contributed by atoms with Crippen LogP contribution in [0, 0.1) is 0 Å². The fourth-order valence-electron chi connectivity index (χ4n) is 3.24. The maximum absolute atomic E-state index is 13.0. The zero-order valence-electron chi connectivity index (χ0n) is 16.9. The summed E-state index contributed by atoms with van der Waals surface area (Å²) in [5.74, 6) is 0. The molecule has 0 bridgehead atoms. The Hall–Kier alpha value is -2.27. The Labute approximate surface area is 189 Å². The SMILES string of the molecule is CSc1ccc(-c2ccc(S(=O)c3ccc(-c4ccc(SC)cc4)cc3)cc2)cc1. The second-order valence-corrected chi connectivity index (χ2v) is 10.0. The summed E-state index contributed by atoms with van der Waals surface area (Å²) < 4.78 is 13.0. The van der Waals surface area contributed by atoms with Gasteiger partial charge in [-0.25, -0.2) is 4.21 Å². The Morgan fingerprint density at radius 1 is 0.467 bits per heavy atom. The number of rotatable bonds is 6. The van der Waals surface area contributed by atoms with E-state index in [0.29, 0.717) is 0 Å². The molecule has 0 radical (unpaired) electrons. The Kier molecular flexibility index (Phi) is 6.78. The first-order valence-electron chi connectivity index (χ1n) is 9.59. The lowest BCUT2D eigenvalue weighted by molar-refractivity contribution is 0.683. The summed E-state index contributed by atoms with van der Waals surface area (Å²) in [6, 6.07) is 33.0. The van der Waals surface area contributed by atoms with Crippen LogP contribution in [-0.2, 0) is 10.8 Å². The molecular formula is C26H22OS3. The topological polar surface area (TPSA) is 17.1 Å². The Bertz CT molecular complexity index is 1040. The van der Waals surface area contributed by atoms with Gasteiger partial charge in [0.1, 0.15) is 0 Å². The van der Waals surface area contributed by atoms with Gasteiger partial charge in [-0.15, -0.1) is 23.5 Å². The molecule has 0 fully saturated rings. The highest BCUT2D eigenvalue weighted by atomic mass is 32.2. The molecule has 0 N–H and O–H groups in total. The van der Waals surface area contributed by atoms with Gasteiger partial charge in [-0.3, -0.25) is 0 Å². The highest BCUT2D eigenvalue weighted by Gasteiger charge is 2.08. The third kappa shape index (κ3) is 4.72. The maximum Gasteiger partial charge on any atom is 0.0849 e. The van der Waals surface area contributed by atoms with Gasteiger partial charge in [0.2, 0.25) is 0 Å². The van der Waals surface area contributed by atoms with Crippen LogP contribution in [-0.4, -0.2) is 16.7 Å². The van der Waals surface area contributed by atoms with Crippen molar-refractivity contribution in [3.05, 3.63) is 97.1 Å². The van der Waals surface area contributed by atoms with Gasteiger partial charge in [0.25, 0.3) is 0 Å². The lowest BCUT2D eigenvalue weighted by Gasteiger charge is -2.07. The van der Waals surface area contributed by atoms with Crippen LogP contribution in [0.5, 0.6) is 0 Å². The molecule has 0 spiro atoms. The molecule has 0 atom stereocenters. The van der Waals surface area contributed by atoms with E-state index in [9.17, 15) is 4.21 Å². The fraction of sp³-hybridized carbons (Fsp3) is 0.0769. The van der Waals surface area contributed by atoms with E-state index >= 15 is 0 Å². The average Bonchev–Trinajstić information content (AvgIpc) is 2.84. The van der Waals surface area contributed by atoms with Crippen molar-refractivity contribution in [1.29, 1.82) is 0 Å². The molecule has 0 aliphatic rings. The van der Waals surface area contributed by atoms with Crippen LogP contribution in [0.25, 0.3) is 22.3 Å². The largest absolute Gasteiger partial charge is 0.249 e. The average molecular weight is 447 g/mol. The zero-order chi connectivity index (χ0) is 20.9. The molecule has 0 amide bonds. The van der Waals surface area contributed by atoms with Gasteiger partial charge < -0.3 is 0 Å². The Morgan fingerprint density at radius 3 is 1.00 bits per heavy atom. The number of hydrogen-bond donors (Lipinski definition) is 0. The van der Waals surface area contributed by atoms with E-state index in [0.717, 1.165) is 20.9 Å². The van der Waals surface area contributed by atoms with E-state index in [4.69, 9.17) is 0 Å². The van der Waals surface area contributed by atoms with Crippen LogP contribution in [0.4, 0.5) is 0 Å². The van der Waals surface area contributed by atoms with Gasteiger partial charge in [-0.05, 0) is 83.3 Å². The Balaban J connectivity index is 1.50. The Morgan fingerprint density at radius 2 is 0.733 bits per heavy atom. The minimum atomic E-state index is -1.19. The molecule has 4 aromatic carbocycles. The number of benzene rings is 4. The summed E-state index contributed by atoms with van der Waals surface area (Å²) in [7, 11) is -1.19. The molecule has 0 saturated heterocycles. The highest BCUT2D eigenvalue weighted by molar-refractivity contribution is 7.98. The summed E-state index contributed by atoms with van der Waals surface area (Å²) in [5.41, 5.74) is 4.60. The van der Waals surface area contributed by atoms with Crippen molar-refractivity contribution in [1.82, 2.24) is 0 Å². The standard InChI is InChI=1S/C26H22OS3/c1-28-23-11-3-19(4-12-23)21-7-15-25(16-8-21)30(27)26-17-9-22(10-18-26)20-5-13-24(29-2)14-6-20/h3-18H,1-2H3. The molecule has 4 aromatic rings. The molecule has 0 unspecified atom stereocenters. The number of hydrogen-bond acceptors (Lipinski definition) is 3. The molecule has 0 saturated carbocycles. The predicted octanol–water partition coefficient (Wildman–Crippen LogP) is 7.63. The molecule has 4 heteroatoms. The maximum atomic E-state index is 13.0. The molecule has 4 rings (SSSR count). The van der Waals surface area contributed by atoms with Crippen LogP contribution in [0.3, 0.4) is 0 Å². The van der Waals surface area contributed by atoms with Crippen molar-refractivity contribution in [2.45, 2.75) is 19.6 Å². The van der Waals surface area contributed by atoms with Gasteiger partial charge >= 0.3 is 0 Å². The van der Waals surface area contributed by atoms with Crippen LogP contribution >= 0.6 is 23.5 Å². The van der Waals surface area contributed by atoms with Crippen LogP contribution in [0.15, 0.2) is 117 Å². The first kappa shape index (κ1) is 21.0. The summed E-state index contributed by atoms with van der Waals surface area (Å²) in [6.45, 7) is 0. The van der Waals surface area contributed by atoms with Crippen LogP contribution < -0.4 is 0 Å². The van der Waals surface area contributed by atoms with Crippen LogP contribution in [0.1, 0.15) is 0 Å². The molecule has 150 valence electrons. The molecular weight excluding hydrogens is 424 g/mol. The smallest absolute Gasteiger partial charge is 0.0849 e. The third-order valence-corrected chi connectivity index (χ3v) is 7.87. The molecule has 0 aromatic heterocycles. The monoisotopic (exact) mass is 446 g/mol. The van der Waals surface area contributed by atoms with Crippen molar-refractivity contribution >= 4 is 34.3 Å². The molecule has 0 aliphatic heterocycles. The molecule has 30 heavy (non-hydrogen) atoms. The molecule has 0 heterocycles. The van der Waals surface area contributed by atoms with Gasteiger partial charge in [0.15, 0.2) is 0 Å². The molecule has 0 aliphatic carbocycles. The van der Waals surface area contributed by atoms with E-state index in [-0.39, 0.29) is 0 Å². The lowest BCUT2D eigenvalue weighted by Crippen LogP contribution is -1.93. The lowest BCUT2D eigenvalue weighted by atomic mass is 10.1. The van der Waals surface area contributed by atoms with Gasteiger partial charge in [0, 0.05) is 19.6 Å². The quantitative estimate of drug-likeness (QED) is 0.283. The van der Waals surface area contributed by atoms with Crippen molar-refractivity contribution in [3.8, 4) is 22.3 Å². The van der Waals surface area contributed by atoms with E-state index in [1.165, 1.54) is 20.9 Å². The second kappa shape index (κ2) is 9.69. The summed E-state index contributed by atoms with van der Waals surface area (Å²) in [6.07, 6.45) is 4.15. The normalized spacial score (nSPS) is 11.0.